The molecule has 1 aliphatic rings. The van der Waals surface area contributed by atoms with Gasteiger partial charge in [0.05, 0.1) is 17.1 Å². The highest BCUT2D eigenvalue weighted by Crippen LogP contribution is 2.26. The SMILES string of the molecule is O=C(c1ccc(F)cc1)N1CCn2c(nnc2-c2ccc3cccc(Cl)c3n2)C1. The zero-order valence-corrected chi connectivity index (χ0v) is 16.0. The molecule has 29 heavy (non-hydrogen) atoms. The Hall–Kier alpha value is -3.32. The first-order valence-corrected chi connectivity index (χ1v) is 9.50. The Morgan fingerprint density at radius 2 is 1.83 bits per heavy atom. The molecule has 0 aliphatic carbocycles. The molecule has 0 atom stereocenters. The second-order valence-electron chi connectivity index (χ2n) is 6.83. The zero-order chi connectivity index (χ0) is 20.0. The fourth-order valence-electron chi connectivity index (χ4n) is 3.53. The van der Waals surface area contributed by atoms with E-state index in [1.807, 2.05) is 28.8 Å². The van der Waals surface area contributed by atoms with Gasteiger partial charge in [-0.3, -0.25) is 4.79 Å². The second kappa shape index (κ2) is 6.93. The topological polar surface area (TPSA) is 63.9 Å². The molecule has 0 N–H and O–H groups in total. The van der Waals surface area contributed by atoms with Gasteiger partial charge in [-0.15, -0.1) is 10.2 Å². The molecule has 2 aromatic carbocycles. The summed E-state index contributed by atoms with van der Waals surface area (Å²) in [6.07, 6.45) is 0. The number of amides is 1. The lowest BCUT2D eigenvalue weighted by Gasteiger charge is -2.27. The van der Waals surface area contributed by atoms with Gasteiger partial charge < -0.3 is 9.47 Å². The summed E-state index contributed by atoms with van der Waals surface area (Å²) in [4.78, 5) is 19.1. The van der Waals surface area contributed by atoms with Crippen LogP contribution in [0.25, 0.3) is 22.4 Å². The second-order valence-corrected chi connectivity index (χ2v) is 7.24. The van der Waals surface area contributed by atoms with E-state index in [9.17, 15) is 9.18 Å². The van der Waals surface area contributed by atoms with Crippen LogP contribution < -0.4 is 0 Å². The Balaban J connectivity index is 1.44. The van der Waals surface area contributed by atoms with Crippen LogP contribution in [-0.2, 0) is 13.1 Å². The number of hydrogen-bond donors (Lipinski definition) is 0. The molecular formula is C21H15ClFN5O. The van der Waals surface area contributed by atoms with E-state index in [1.54, 1.807) is 11.0 Å². The predicted octanol–water partition coefficient (Wildman–Crippen LogP) is 3.94. The van der Waals surface area contributed by atoms with Crippen LogP contribution in [0.5, 0.6) is 0 Å². The van der Waals surface area contributed by atoms with Crippen molar-refractivity contribution in [1.29, 1.82) is 0 Å². The average molecular weight is 408 g/mol. The summed E-state index contributed by atoms with van der Waals surface area (Å²) in [6, 6.07) is 15.1. The van der Waals surface area contributed by atoms with Crippen molar-refractivity contribution in [1.82, 2.24) is 24.6 Å². The van der Waals surface area contributed by atoms with Crippen LogP contribution in [0.3, 0.4) is 0 Å². The van der Waals surface area contributed by atoms with Crippen molar-refractivity contribution in [2.45, 2.75) is 13.1 Å². The summed E-state index contributed by atoms with van der Waals surface area (Å²) in [6.45, 7) is 1.38. The predicted molar refractivity (Wildman–Crippen MR) is 107 cm³/mol. The first-order chi connectivity index (χ1) is 14.1. The minimum Gasteiger partial charge on any atom is -0.329 e. The summed E-state index contributed by atoms with van der Waals surface area (Å²) in [5, 5.41) is 10.1. The third kappa shape index (κ3) is 3.13. The summed E-state index contributed by atoms with van der Waals surface area (Å²) >= 11 is 6.28. The molecule has 0 spiro atoms. The summed E-state index contributed by atoms with van der Waals surface area (Å²) in [7, 11) is 0. The van der Waals surface area contributed by atoms with Crippen LogP contribution in [0, 0.1) is 5.82 Å². The number of benzene rings is 2. The van der Waals surface area contributed by atoms with Crippen LogP contribution in [-0.4, -0.2) is 37.1 Å². The molecule has 0 fully saturated rings. The van der Waals surface area contributed by atoms with Gasteiger partial charge in [0.25, 0.3) is 5.91 Å². The first kappa shape index (κ1) is 17.8. The summed E-state index contributed by atoms with van der Waals surface area (Å²) in [5.74, 6) is 0.808. The number of carbonyl (C=O) groups excluding carboxylic acids is 1. The Labute approximate surface area is 170 Å². The smallest absolute Gasteiger partial charge is 0.254 e. The third-order valence-electron chi connectivity index (χ3n) is 5.03. The van der Waals surface area contributed by atoms with Gasteiger partial charge in [-0.2, -0.15) is 0 Å². The number of rotatable bonds is 2. The standard InChI is InChI=1S/C21H15ClFN5O/c22-16-3-1-2-13-6-9-17(24-19(13)16)20-26-25-18-12-27(10-11-28(18)20)21(29)14-4-7-15(23)8-5-14/h1-9H,10-12H2. The number of fused-ring (bicyclic) bond motifs is 2. The lowest BCUT2D eigenvalue weighted by atomic mass is 10.1. The quantitative estimate of drug-likeness (QED) is 0.505. The van der Waals surface area contributed by atoms with Crippen molar-refractivity contribution in [3.05, 3.63) is 76.8 Å². The fraction of sp³-hybridized carbons (Fsp3) is 0.143. The zero-order valence-electron chi connectivity index (χ0n) is 15.2. The van der Waals surface area contributed by atoms with Gasteiger partial charge in [-0.05, 0) is 36.4 Å². The van der Waals surface area contributed by atoms with Crippen LogP contribution in [0.1, 0.15) is 16.2 Å². The Morgan fingerprint density at radius 1 is 1.00 bits per heavy atom. The molecule has 0 bridgehead atoms. The van der Waals surface area contributed by atoms with Gasteiger partial charge in [-0.25, -0.2) is 9.37 Å². The molecule has 1 aliphatic heterocycles. The monoisotopic (exact) mass is 407 g/mol. The maximum Gasteiger partial charge on any atom is 0.254 e. The number of para-hydroxylation sites is 1. The minimum atomic E-state index is -0.368. The van der Waals surface area contributed by atoms with E-state index in [-0.39, 0.29) is 11.7 Å². The van der Waals surface area contributed by atoms with Crippen LogP contribution in [0.2, 0.25) is 5.02 Å². The van der Waals surface area contributed by atoms with E-state index in [0.29, 0.717) is 53.1 Å². The lowest BCUT2D eigenvalue weighted by molar-refractivity contribution is 0.0708. The number of nitrogens with zero attached hydrogens (tertiary/aromatic N) is 5. The van der Waals surface area contributed by atoms with Crippen molar-refractivity contribution in [2.24, 2.45) is 0 Å². The molecule has 3 heterocycles. The molecule has 0 unspecified atom stereocenters. The van der Waals surface area contributed by atoms with E-state index in [4.69, 9.17) is 11.6 Å². The van der Waals surface area contributed by atoms with Crippen molar-refractivity contribution in [3.8, 4) is 11.5 Å². The molecule has 8 heteroatoms. The van der Waals surface area contributed by atoms with Crippen molar-refractivity contribution < 1.29 is 9.18 Å². The number of carbonyl (C=O) groups is 1. The van der Waals surface area contributed by atoms with Gasteiger partial charge in [0, 0.05) is 24.0 Å². The Kier molecular flexibility index (Phi) is 4.24. The van der Waals surface area contributed by atoms with E-state index < -0.39 is 0 Å². The molecule has 0 saturated carbocycles. The van der Waals surface area contributed by atoms with Gasteiger partial charge in [0.1, 0.15) is 11.5 Å². The van der Waals surface area contributed by atoms with Gasteiger partial charge in [0.2, 0.25) is 0 Å². The van der Waals surface area contributed by atoms with Gasteiger partial charge >= 0.3 is 0 Å². The summed E-state index contributed by atoms with van der Waals surface area (Å²) in [5.41, 5.74) is 1.85. The molecular weight excluding hydrogens is 393 g/mol. The van der Waals surface area contributed by atoms with Crippen molar-refractivity contribution in [2.75, 3.05) is 6.54 Å². The molecule has 144 valence electrons. The molecule has 6 nitrogen and oxygen atoms in total. The summed E-state index contributed by atoms with van der Waals surface area (Å²) < 4.78 is 15.1. The van der Waals surface area contributed by atoms with E-state index >= 15 is 0 Å². The highest BCUT2D eigenvalue weighted by Gasteiger charge is 2.26. The third-order valence-corrected chi connectivity index (χ3v) is 5.34. The number of aromatic nitrogens is 4. The van der Waals surface area contributed by atoms with Gasteiger partial charge in [-0.1, -0.05) is 29.8 Å². The largest absolute Gasteiger partial charge is 0.329 e. The average Bonchev–Trinajstić information content (AvgIpc) is 3.17. The van der Waals surface area contributed by atoms with E-state index in [1.165, 1.54) is 24.3 Å². The number of hydrogen-bond acceptors (Lipinski definition) is 4. The van der Waals surface area contributed by atoms with Crippen LogP contribution in [0.4, 0.5) is 4.39 Å². The van der Waals surface area contributed by atoms with Crippen molar-refractivity contribution >= 4 is 28.4 Å². The lowest BCUT2D eigenvalue weighted by Crippen LogP contribution is -2.38. The molecule has 0 saturated heterocycles. The fourth-order valence-corrected chi connectivity index (χ4v) is 3.76. The maximum absolute atomic E-state index is 13.1. The first-order valence-electron chi connectivity index (χ1n) is 9.13. The molecule has 2 aromatic heterocycles. The highest BCUT2D eigenvalue weighted by atomic mass is 35.5. The minimum absolute atomic E-state index is 0.156. The molecule has 4 aromatic rings. The van der Waals surface area contributed by atoms with E-state index in [2.05, 4.69) is 15.2 Å². The normalized spacial score (nSPS) is 13.5. The Bertz CT molecular complexity index is 1240. The number of halogens is 2. The van der Waals surface area contributed by atoms with Gasteiger partial charge in [0.15, 0.2) is 11.6 Å². The molecule has 0 radical (unpaired) electrons. The van der Waals surface area contributed by atoms with Crippen molar-refractivity contribution in [3.63, 3.8) is 0 Å². The van der Waals surface area contributed by atoms with Crippen LogP contribution in [0.15, 0.2) is 54.6 Å². The maximum atomic E-state index is 13.1. The van der Waals surface area contributed by atoms with Crippen LogP contribution >= 0.6 is 11.6 Å². The number of pyridine rings is 1. The van der Waals surface area contributed by atoms with E-state index in [0.717, 1.165) is 5.39 Å². The molecule has 5 rings (SSSR count). The molecule has 1 amide bonds. The Morgan fingerprint density at radius 3 is 2.66 bits per heavy atom. The highest BCUT2D eigenvalue weighted by molar-refractivity contribution is 6.35.